The summed E-state index contributed by atoms with van der Waals surface area (Å²) >= 11 is 0. The summed E-state index contributed by atoms with van der Waals surface area (Å²) in [6.07, 6.45) is 7.56. The average molecular weight is 509 g/mol. The number of aliphatic imine (C=N–C) groups is 1. The smallest absolute Gasteiger partial charge is 0.193 e. The Morgan fingerprint density at radius 2 is 2.00 bits per heavy atom. The van der Waals surface area contributed by atoms with Gasteiger partial charge in [0.1, 0.15) is 5.76 Å². The summed E-state index contributed by atoms with van der Waals surface area (Å²) in [5.74, 6) is 2.66. The summed E-state index contributed by atoms with van der Waals surface area (Å²) in [5, 5.41) is 3.62. The number of fused-ring (bicyclic) bond motifs is 1. The van der Waals surface area contributed by atoms with Crippen LogP contribution in [0.2, 0.25) is 0 Å². The fourth-order valence-electron chi connectivity index (χ4n) is 4.24. The van der Waals surface area contributed by atoms with E-state index in [1.165, 1.54) is 18.4 Å². The Hall–Kier alpha value is -1.54. The van der Waals surface area contributed by atoms with Crippen LogP contribution in [0.25, 0.3) is 0 Å². The second kappa shape index (κ2) is 11.6. The highest BCUT2D eigenvalue weighted by atomic mass is 127. The first-order valence-corrected chi connectivity index (χ1v) is 10.6. The van der Waals surface area contributed by atoms with Crippen LogP contribution in [0.1, 0.15) is 30.6 Å². The van der Waals surface area contributed by atoms with Gasteiger partial charge in [-0.15, -0.1) is 24.0 Å². The SMILES string of the molecule is I.c1ccc(CCNC(=NCCc2ccco2)N2CCC3OCCCC3C2)cc1. The van der Waals surface area contributed by atoms with E-state index in [1.54, 1.807) is 6.26 Å². The summed E-state index contributed by atoms with van der Waals surface area (Å²) in [5.41, 5.74) is 1.35. The fourth-order valence-corrected chi connectivity index (χ4v) is 4.24. The number of halogens is 1. The van der Waals surface area contributed by atoms with Gasteiger partial charge in [0.15, 0.2) is 5.96 Å². The van der Waals surface area contributed by atoms with Gasteiger partial charge in [-0.2, -0.15) is 0 Å². The third-order valence-corrected chi connectivity index (χ3v) is 5.75. The predicted octanol–water partition coefficient (Wildman–Crippen LogP) is 4.13. The first-order chi connectivity index (χ1) is 13.9. The number of ether oxygens (including phenoxy) is 1. The molecule has 0 amide bonds. The molecule has 6 heteroatoms. The molecule has 2 aromatic rings. The van der Waals surface area contributed by atoms with E-state index in [4.69, 9.17) is 14.1 Å². The third kappa shape index (κ3) is 6.47. The van der Waals surface area contributed by atoms with Crippen LogP contribution >= 0.6 is 24.0 Å². The Morgan fingerprint density at radius 3 is 2.83 bits per heavy atom. The van der Waals surface area contributed by atoms with Crippen molar-refractivity contribution < 1.29 is 9.15 Å². The zero-order valence-electron chi connectivity index (χ0n) is 17.0. The van der Waals surface area contributed by atoms with E-state index in [-0.39, 0.29) is 24.0 Å². The molecule has 158 valence electrons. The molecule has 2 fully saturated rings. The largest absolute Gasteiger partial charge is 0.469 e. The molecule has 2 saturated heterocycles. The first kappa shape index (κ1) is 22.2. The second-order valence-electron chi connectivity index (χ2n) is 7.74. The Bertz CT molecular complexity index is 736. The van der Waals surface area contributed by atoms with Crippen molar-refractivity contribution in [3.05, 3.63) is 60.1 Å². The van der Waals surface area contributed by atoms with E-state index < -0.39 is 0 Å². The highest BCUT2D eigenvalue weighted by Crippen LogP contribution is 2.28. The molecule has 4 rings (SSSR count). The normalized spacial score (nSPS) is 21.9. The van der Waals surface area contributed by atoms with Crippen LogP contribution in [-0.4, -0.2) is 49.7 Å². The van der Waals surface area contributed by atoms with Gasteiger partial charge < -0.3 is 19.4 Å². The summed E-state index contributed by atoms with van der Waals surface area (Å²) < 4.78 is 11.4. The van der Waals surface area contributed by atoms with Crippen molar-refractivity contribution in [2.75, 3.05) is 32.8 Å². The van der Waals surface area contributed by atoms with Gasteiger partial charge in [-0.25, -0.2) is 0 Å². The van der Waals surface area contributed by atoms with Crippen LogP contribution in [0, 0.1) is 5.92 Å². The molecule has 5 nitrogen and oxygen atoms in total. The number of hydrogen-bond acceptors (Lipinski definition) is 3. The van der Waals surface area contributed by atoms with Crippen molar-refractivity contribution in [1.29, 1.82) is 0 Å². The second-order valence-corrected chi connectivity index (χ2v) is 7.74. The fraction of sp³-hybridized carbons (Fsp3) is 0.522. The lowest BCUT2D eigenvalue weighted by Gasteiger charge is -2.42. The molecule has 1 N–H and O–H groups in total. The molecule has 3 heterocycles. The molecule has 29 heavy (non-hydrogen) atoms. The summed E-state index contributed by atoms with van der Waals surface area (Å²) in [4.78, 5) is 7.36. The molecule has 2 unspecified atom stereocenters. The van der Waals surface area contributed by atoms with Gasteiger partial charge in [0.25, 0.3) is 0 Å². The molecule has 1 aromatic heterocycles. The van der Waals surface area contributed by atoms with Crippen LogP contribution < -0.4 is 5.32 Å². The van der Waals surface area contributed by atoms with Gasteiger partial charge in [0.05, 0.1) is 12.4 Å². The van der Waals surface area contributed by atoms with Crippen LogP contribution in [-0.2, 0) is 17.6 Å². The molecular weight excluding hydrogens is 477 g/mol. The number of rotatable bonds is 6. The topological polar surface area (TPSA) is 50.0 Å². The number of piperidine rings is 1. The van der Waals surface area contributed by atoms with E-state index in [0.717, 1.165) is 63.8 Å². The van der Waals surface area contributed by atoms with Crippen molar-refractivity contribution in [3.63, 3.8) is 0 Å². The molecular formula is C23H32IN3O2. The van der Waals surface area contributed by atoms with Crippen molar-refractivity contribution >= 4 is 29.9 Å². The molecule has 0 radical (unpaired) electrons. The van der Waals surface area contributed by atoms with Crippen LogP contribution in [0.3, 0.4) is 0 Å². The number of hydrogen-bond donors (Lipinski definition) is 1. The zero-order chi connectivity index (χ0) is 19.0. The van der Waals surface area contributed by atoms with E-state index >= 15 is 0 Å². The standard InChI is InChI=1S/C23H31N3O2.HI/c1-2-6-19(7-3-1)10-13-24-23(25-14-11-21-9-5-16-27-21)26-15-12-22-20(18-26)8-4-17-28-22;/h1-3,5-7,9,16,20,22H,4,8,10-15,17-18H2,(H,24,25);1H. The lowest BCUT2D eigenvalue weighted by Crippen LogP contribution is -2.52. The monoisotopic (exact) mass is 509 g/mol. The molecule has 2 aliphatic heterocycles. The molecule has 0 saturated carbocycles. The van der Waals surface area contributed by atoms with Gasteiger partial charge in [-0.3, -0.25) is 4.99 Å². The van der Waals surface area contributed by atoms with Crippen molar-refractivity contribution in [2.45, 2.75) is 38.2 Å². The Kier molecular flexibility index (Phi) is 8.86. The predicted molar refractivity (Wildman–Crippen MR) is 127 cm³/mol. The molecule has 0 bridgehead atoms. The summed E-state index contributed by atoms with van der Waals surface area (Å²) in [6.45, 7) is 4.62. The van der Waals surface area contributed by atoms with Crippen LogP contribution in [0.5, 0.6) is 0 Å². The third-order valence-electron chi connectivity index (χ3n) is 5.75. The number of benzene rings is 1. The molecule has 2 aliphatic rings. The van der Waals surface area contributed by atoms with Crippen molar-refractivity contribution in [1.82, 2.24) is 10.2 Å². The number of furan rings is 1. The molecule has 0 spiro atoms. The number of guanidine groups is 1. The van der Waals surface area contributed by atoms with Crippen LogP contribution in [0.4, 0.5) is 0 Å². The molecule has 1 aromatic carbocycles. The highest BCUT2D eigenvalue weighted by molar-refractivity contribution is 14.0. The summed E-state index contributed by atoms with van der Waals surface area (Å²) in [7, 11) is 0. The van der Waals surface area contributed by atoms with E-state index in [0.29, 0.717) is 12.0 Å². The van der Waals surface area contributed by atoms with E-state index in [2.05, 4.69) is 40.5 Å². The van der Waals surface area contributed by atoms with Gasteiger partial charge in [-0.05, 0) is 43.4 Å². The maximum absolute atomic E-state index is 5.98. The minimum absolute atomic E-state index is 0. The van der Waals surface area contributed by atoms with Crippen molar-refractivity contribution in [3.8, 4) is 0 Å². The molecule has 0 aliphatic carbocycles. The maximum atomic E-state index is 5.98. The summed E-state index contributed by atoms with van der Waals surface area (Å²) in [6, 6.07) is 14.6. The zero-order valence-corrected chi connectivity index (χ0v) is 19.3. The lowest BCUT2D eigenvalue weighted by atomic mass is 9.88. The van der Waals surface area contributed by atoms with Crippen LogP contribution in [0.15, 0.2) is 58.1 Å². The molecule has 2 atom stereocenters. The van der Waals surface area contributed by atoms with Gasteiger partial charge >= 0.3 is 0 Å². The average Bonchev–Trinajstić information content (AvgIpc) is 3.27. The van der Waals surface area contributed by atoms with E-state index in [1.807, 2.05) is 12.1 Å². The Labute approximate surface area is 190 Å². The lowest BCUT2D eigenvalue weighted by molar-refractivity contribution is -0.0559. The highest BCUT2D eigenvalue weighted by Gasteiger charge is 2.33. The maximum Gasteiger partial charge on any atom is 0.193 e. The Morgan fingerprint density at radius 1 is 1.10 bits per heavy atom. The minimum atomic E-state index is 0. The quantitative estimate of drug-likeness (QED) is 0.362. The van der Waals surface area contributed by atoms with Gasteiger partial charge in [0.2, 0.25) is 0 Å². The Balaban J connectivity index is 0.00000240. The number of nitrogens with zero attached hydrogens (tertiary/aromatic N) is 2. The van der Waals surface area contributed by atoms with Gasteiger partial charge in [-0.1, -0.05) is 30.3 Å². The minimum Gasteiger partial charge on any atom is -0.469 e. The number of nitrogens with one attached hydrogen (secondary N) is 1. The van der Waals surface area contributed by atoms with E-state index in [9.17, 15) is 0 Å². The van der Waals surface area contributed by atoms with Gasteiger partial charge in [0, 0.05) is 45.1 Å². The van der Waals surface area contributed by atoms with Crippen molar-refractivity contribution in [2.24, 2.45) is 10.9 Å². The first-order valence-electron chi connectivity index (χ1n) is 10.6. The number of likely N-dealkylation sites (tertiary alicyclic amines) is 1.